The van der Waals surface area contributed by atoms with E-state index in [4.69, 9.17) is 10.5 Å². The highest BCUT2D eigenvalue weighted by Gasteiger charge is 2.31. The fourth-order valence-electron chi connectivity index (χ4n) is 5.55. The minimum absolute atomic E-state index is 0.0126. The number of aromatic nitrogens is 3. The Morgan fingerprint density at radius 2 is 1.84 bits per heavy atom. The van der Waals surface area contributed by atoms with Crippen molar-refractivity contribution >= 4 is 27.3 Å². The number of nitrogens with zero attached hydrogens (tertiary/aromatic N) is 5. The summed E-state index contributed by atoms with van der Waals surface area (Å²) < 4.78 is 64.4. The lowest BCUT2D eigenvalue weighted by atomic mass is 9.87. The first-order valence-corrected chi connectivity index (χ1v) is 15.7. The van der Waals surface area contributed by atoms with Crippen LogP contribution in [0.25, 0.3) is 11.1 Å². The number of morpholine rings is 1. The fraction of sp³-hybridized carbons (Fsp3) is 0.533. The van der Waals surface area contributed by atoms with Crippen molar-refractivity contribution in [1.82, 2.24) is 23.8 Å². The molecule has 3 heterocycles. The molecule has 2 radical (unpaired) electrons. The Morgan fingerprint density at radius 3 is 2.50 bits per heavy atom. The van der Waals surface area contributed by atoms with Gasteiger partial charge in [0.15, 0.2) is 10.8 Å². The molecule has 44 heavy (non-hydrogen) atoms. The van der Waals surface area contributed by atoms with E-state index >= 15 is 4.39 Å². The summed E-state index contributed by atoms with van der Waals surface area (Å²) >= 11 is 0.525. The maximum Gasteiger partial charge on any atom is 0.455 e. The Morgan fingerprint density at radius 1 is 1.11 bits per heavy atom. The minimum atomic E-state index is -0.682. The molecule has 14 heteroatoms. The maximum atomic E-state index is 15.8. The molecule has 236 valence electrons. The summed E-state index contributed by atoms with van der Waals surface area (Å²) in [5.74, 6) is -0.738. The van der Waals surface area contributed by atoms with E-state index in [9.17, 15) is 13.0 Å². The van der Waals surface area contributed by atoms with E-state index in [1.807, 2.05) is 26.0 Å². The predicted octanol–water partition coefficient (Wildman–Crippen LogP) is 5.75. The van der Waals surface area contributed by atoms with Crippen LogP contribution >= 0.6 is 11.9 Å². The Balaban J connectivity index is 1.62. The standard InChI is InChI=1S/C30H40B2F4N6OS/c1-20(2)25-17-22(33)18-26(24(25)6-5-10-37)21-8-11-38-23(16-21)7-9-30(3,4)41-27(19-40-12-14-43-15-13-40)28(34)29(39-41)44-42(31-35)32-36/h8,11,16-18,20H,5-7,9-10,12-15,19,37H2,1-4H3. The van der Waals surface area contributed by atoms with E-state index in [1.54, 1.807) is 23.0 Å². The largest absolute Gasteiger partial charge is 0.455 e. The molecule has 0 bridgehead atoms. The Kier molecular flexibility index (Phi) is 12.3. The number of hydrogen-bond donors (Lipinski definition) is 1. The Bertz CT molecular complexity index is 1390. The van der Waals surface area contributed by atoms with Crippen molar-refractivity contribution in [2.75, 3.05) is 32.8 Å². The van der Waals surface area contributed by atoms with Crippen LogP contribution in [0.4, 0.5) is 17.4 Å². The topological polar surface area (TPSA) is 72.4 Å². The zero-order valence-electron chi connectivity index (χ0n) is 25.8. The second kappa shape index (κ2) is 15.8. The van der Waals surface area contributed by atoms with Crippen LogP contribution in [0, 0.1) is 11.6 Å². The third-order valence-electron chi connectivity index (χ3n) is 7.94. The number of halogens is 4. The normalized spacial score (nSPS) is 14.5. The number of aryl methyl sites for hydroxylation is 1. The summed E-state index contributed by atoms with van der Waals surface area (Å²) in [6.45, 7) is 11.2. The lowest BCUT2D eigenvalue weighted by molar-refractivity contribution is 0.0317. The molecule has 0 spiro atoms. The van der Waals surface area contributed by atoms with Gasteiger partial charge in [-0.15, -0.1) is 0 Å². The van der Waals surface area contributed by atoms with Crippen molar-refractivity contribution in [3.8, 4) is 11.1 Å². The zero-order valence-corrected chi connectivity index (χ0v) is 26.6. The van der Waals surface area contributed by atoms with Crippen LogP contribution in [-0.2, 0) is 29.7 Å². The number of ether oxygens (including phenoxy) is 1. The molecule has 2 N–H and O–H groups in total. The van der Waals surface area contributed by atoms with Crippen molar-refractivity contribution in [2.24, 2.45) is 5.73 Å². The summed E-state index contributed by atoms with van der Waals surface area (Å²) in [7, 11) is 0.0253. The Hall–Kier alpha value is -2.38. The molecule has 0 unspecified atom stereocenters. The monoisotopic (exact) mass is 630 g/mol. The molecule has 1 fully saturated rings. The number of rotatable bonds is 15. The van der Waals surface area contributed by atoms with Crippen molar-refractivity contribution in [3.05, 3.63) is 64.6 Å². The van der Waals surface area contributed by atoms with E-state index in [-0.39, 0.29) is 38.7 Å². The van der Waals surface area contributed by atoms with Gasteiger partial charge in [-0.3, -0.25) is 18.7 Å². The van der Waals surface area contributed by atoms with E-state index in [2.05, 4.69) is 28.8 Å². The van der Waals surface area contributed by atoms with Crippen LogP contribution in [0.1, 0.15) is 69.0 Å². The molecule has 1 aliphatic heterocycles. The summed E-state index contributed by atoms with van der Waals surface area (Å²) in [4.78, 5) is 6.66. The molecule has 3 aromatic rings. The molecule has 2 aromatic heterocycles. The first-order chi connectivity index (χ1) is 21.1. The maximum absolute atomic E-state index is 15.8. The van der Waals surface area contributed by atoms with Crippen molar-refractivity contribution in [2.45, 2.75) is 76.4 Å². The lowest BCUT2D eigenvalue weighted by Crippen LogP contribution is -2.38. The average Bonchev–Trinajstić information content (AvgIpc) is 3.33. The summed E-state index contributed by atoms with van der Waals surface area (Å²) in [6.07, 6.45) is 4.35. The van der Waals surface area contributed by atoms with Crippen LogP contribution in [0.2, 0.25) is 0 Å². The third-order valence-corrected chi connectivity index (χ3v) is 8.75. The van der Waals surface area contributed by atoms with E-state index in [0.29, 0.717) is 67.5 Å². The smallest absolute Gasteiger partial charge is 0.379 e. The van der Waals surface area contributed by atoms with Gasteiger partial charge in [-0.1, -0.05) is 13.8 Å². The predicted molar refractivity (Wildman–Crippen MR) is 168 cm³/mol. The van der Waals surface area contributed by atoms with Crippen LogP contribution in [0.5, 0.6) is 0 Å². The van der Waals surface area contributed by atoms with Gasteiger partial charge in [0.05, 0.1) is 24.4 Å². The van der Waals surface area contributed by atoms with Crippen LogP contribution < -0.4 is 5.73 Å². The Labute approximate surface area is 263 Å². The van der Waals surface area contributed by atoms with Crippen LogP contribution in [0.15, 0.2) is 35.5 Å². The quantitative estimate of drug-likeness (QED) is 0.130. The van der Waals surface area contributed by atoms with Gasteiger partial charge in [-0.25, -0.2) is 8.78 Å². The van der Waals surface area contributed by atoms with Crippen molar-refractivity contribution in [1.29, 1.82) is 0 Å². The minimum Gasteiger partial charge on any atom is -0.379 e. The van der Waals surface area contributed by atoms with Crippen molar-refractivity contribution in [3.63, 3.8) is 0 Å². The molecular formula is C30H40B2F4N6OS. The molecule has 1 aliphatic rings. The fourth-order valence-corrected chi connectivity index (χ4v) is 6.15. The number of nitrogens with two attached hydrogens (primary N) is 1. The highest BCUT2D eigenvalue weighted by molar-refractivity contribution is 7.98. The van der Waals surface area contributed by atoms with Gasteiger partial charge >= 0.3 is 15.4 Å². The SMILES string of the molecule is CC(C)c1cc(F)cc(-c2ccnc(CCC(C)(C)n3nc(SN([B]F)[B]F)c(F)c3CN3CCOCC3)c2)c1CCCN. The molecule has 0 atom stereocenters. The molecular weight excluding hydrogens is 590 g/mol. The summed E-state index contributed by atoms with van der Waals surface area (Å²) in [5.41, 5.74) is 10.1. The van der Waals surface area contributed by atoms with E-state index in [1.165, 1.54) is 0 Å². The van der Waals surface area contributed by atoms with Crippen LogP contribution in [-0.4, -0.2) is 72.0 Å². The van der Waals surface area contributed by atoms with E-state index in [0.717, 1.165) is 40.8 Å². The van der Waals surface area contributed by atoms with Gasteiger partial charge in [-0.05, 0) is 110 Å². The van der Waals surface area contributed by atoms with Gasteiger partial charge in [0.1, 0.15) is 5.82 Å². The van der Waals surface area contributed by atoms with Gasteiger partial charge in [0.25, 0.3) is 0 Å². The van der Waals surface area contributed by atoms with E-state index < -0.39 is 11.4 Å². The van der Waals surface area contributed by atoms with Crippen molar-refractivity contribution < 1.29 is 22.1 Å². The van der Waals surface area contributed by atoms with Gasteiger partial charge in [0.2, 0.25) is 0 Å². The molecule has 0 aliphatic carbocycles. The van der Waals surface area contributed by atoms with Gasteiger partial charge < -0.3 is 19.1 Å². The highest BCUT2D eigenvalue weighted by atomic mass is 32.2. The summed E-state index contributed by atoms with van der Waals surface area (Å²) in [5, 5.41) is 4.37. The molecule has 0 saturated carbocycles. The van der Waals surface area contributed by atoms with Gasteiger partial charge in [0, 0.05) is 31.5 Å². The molecule has 1 saturated heterocycles. The van der Waals surface area contributed by atoms with Crippen LogP contribution in [0.3, 0.4) is 0 Å². The second-order valence-corrected chi connectivity index (χ2v) is 12.9. The number of hydrogen-bond acceptors (Lipinski definition) is 7. The average molecular weight is 630 g/mol. The third kappa shape index (κ3) is 8.45. The lowest BCUT2D eigenvalue weighted by Gasteiger charge is -2.31. The number of benzene rings is 1. The molecule has 1 aromatic carbocycles. The summed E-state index contributed by atoms with van der Waals surface area (Å²) in [6, 6.07) is 7.07. The zero-order chi connectivity index (χ0) is 31.9. The first kappa shape index (κ1) is 34.5. The van der Waals surface area contributed by atoms with Gasteiger partial charge in [-0.2, -0.15) is 5.10 Å². The molecule has 7 nitrogen and oxygen atoms in total. The first-order valence-electron chi connectivity index (χ1n) is 15.0. The molecule has 4 rings (SSSR count). The number of pyridine rings is 1. The molecule has 0 amide bonds. The second-order valence-electron chi connectivity index (χ2n) is 11.9. The highest BCUT2D eigenvalue weighted by Crippen LogP contribution is 2.35.